The van der Waals surface area contributed by atoms with E-state index in [-0.39, 0.29) is 0 Å². The lowest BCUT2D eigenvalue weighted by molar-refractivity contribution is 0.00846. The molecule has 0 spiro atoms. The Morgan fingerprint density at radius 1 is 0.920 bits per heavy atom. The van der Waals surface area contributed by atoms with Crippen molar-refractivity contribution in [1.82, 2.24) is 10.2 Å². The molecule has 0 bridgehead atoms. The summed E-state index contributed by atoms with van der Waals surface area (Å²) in [6.45, 7) is 3.40. The highest BCUT2D eigenvalue weighted by Gasteiger charge is 2.25. The molecule has 0 aliphatic carbocycles. The van der Waals surface area contributed by atoms with Crippen molar-refractivity contribution < 1.29 is 4.74 Å². The summed E-state index contributed by atoms with van der Waals surface area (Å²) < 4.78 is 5.36. The Hall–Kier alpha value is -2.85. The van der Waals surface area contributed by atoms with Crippen molar-refractivity contribution in [3.05, 3.63) is 89.1 Å². The molecule has 1 aliphatic rings. The molecule has 0 atom stereocenters. The number of aromatic nitrogens is 2. The second kappa shape index (κ2) is 6.95. The van der Waals surface area contributed by atoms with E-state index in [0.717, 1.165) is 41.3 Å². The number of ether oxygens (including phenoxy) is 1. The molecule has 2 aromatic carbocycles. The second-order valence-corrected chi connectivity index (χ2v) is 6.19. The molecule has 1 fully saturated rings. The molecule has 1 saturated heterocycles. The summed E-state index contributed by atoms with van der Waals surface area (Å²) in [4.78, 5) is 4.93. The molecule has 1 aromatic heterocycles. The molecule has 4 heteroatoms. The molecule has 2 heterocycles. The van der Waals surface area contributed by atoms with E-state index in [0.29, 0.717) is 11.7 Å². The van der Waals surface area contributed by atoms with Gasteiger partial charge in [0.25, 0.3) is 0 Å². The SMILES string of the molecule is Cc1cc(C2COC2)c(N=C(c2ccccc2)c2ccccc2)nn1. The van der Waals surface area contributed by atoms with Crippen LogP contribution < -0.4 is 0 Å². The van der Waals surface area contributed by atoms with Gasteiger partial charge in [0.2, 0.25) is 0 Å². The minimum atomic E-state index is 0.348. The van der Waals surface area contributed by atoms with Gasteiger partial charge in [-0.25, -0.2) is 4.99 Å². The van der Waals surface area contributed by atoms with Gasteiger partial charge in [0.1, 0.15) is 0 Å². The topological polar surface area (TPSA) is 47.4 Å². The zero-order valence-electron chi connectivity index (χ0n) is 14.1. The Balaban J connectivity index is 1.85. The van der Waals surface area contributed by atoms with Gasteiger partial charge in [0, 0.05) is 22.6 Å². The predicted octanol–water partition coefficient (Wildman–Crippen LogP) is 4.07. The first kappa shape index (κ1) is 15.7. The molecule has 124 valence electrons. The summed E-state index contributed by atoms with van der Waals surface area (Å²) >= 11 is 0. The number of hydrogen-bond acceptors (Lipinski definition) is 4. The first-order valence-electron chi connectivity index (χ1n) is 8.43. The molecular weight excluding hydrogens is 310 g/mol. The van der Waals surface area contributed by atoms with Crippen LogP contribution in [-0.4, -0.2) is 29.1 Å². The maximum absolute atomic E-state index is 5.36. The van der Waals surface area contributed by atoms with Crippen molar-refractivity contribution in [1.29, 1.82) is 0 Å². The summed E-state index contributed by atoms with van der Waals surface area (Å²) in [6.07, 6.45) is 0. The van der Waals surface area contributed by atoms with Gasteiger partial charge in [-0.1, -0.05) is 60.7 Å². The fourth-order valence-corrected chi connectivity index (χ4v) is 2.90. The predicted molar refractivity (Wildman–Crippen MR) is 98.5 cm³/mol. The van der Waals surface area contributed by atoms with Crippen LogP contribution in [0.4, 0.5) is 5.82 Å². The third-order valence-corrected chi connectivity index (χ3v) is 4.32. The molecule has 3 aromatic rings. The lowest BCUT2D eigenvalue weighted by Gasteiger charge is -2.27. The van der Waals surface area contributed by atoms with Crippen LogP contribution >= 0.6 is 0 Å². The van der Waals surface area contributed by atoms with Crippen LogP contribution in [0.15, 0.2) is 71.7 Å². The molecule has 1 aliphatic heterocycles. The van der Waals surface area contributed by atoms with E-state index >= 15 is 0 Å². The van der Waals surface area contributed by atoms with Crippen LogP contribution in [0.5, 0.6) is 0 Å². The Morgan fingerprint density at radius 2 is 1.52 bits per heavy atom. The number of rotatable bonds is 4. The van der Waals surface area contributed by atoms with E-state index in [1.54, 1.807) is 0 Å². The summed E-state index contributed by atoms with van der Waals surface area (Å²) in [5, 5.41) is 8.60. The van der Waals surface area contributed by atoms with Crippen molar-refractivity contribution >= 4 is 11.5 Å². The van der Waals surface area contributed by atoms with Gasteiger partial charge in [-0.05, 0) is 13.0 Å². The zero-order valence-corrected chi connectivity index (χ0v) is 14.1. The molecule has 0 radical (unpaired) electrons. The van der Waals surface area contributed by atoms with Crippen molar-refractivity contribution in [3.63, 3.8) is 0 Å². The number of nitrogens with zero attached hydrogens (tertiary/aromatic N) is 3. The number of aryl methyl sites for hydroxylation is 1. The molecule has 0 N–H and O–H groups in total. The van der Waals surface area contributed by atoms with Crippen LogP contribution in [0.1, 0.15) is 28.3 Å². The first-order chi connectivity index (χ1) is 12.3. The molecule has 4 nitrogen and oxygen atoms in total. The summed E-state index contributed by atoms with van der Waals surface area (Å²) in [7, 11) is 0. The lowest BCUT2D eigenvalue weighted by Crippen LogP contribution is -2.25. The van der Waals surface area contributed by atoms with Gasteiger partial charge in [0.05, 0.1) is 24.6 Å². The Morgan fingerprint density at radius 3 is 2.04 bits per heavy atom. The van der Waals surface area contributed by atoms with Crippen molar-refractivity contribution in [2.75, 3.05) is 13.2 Å². The molecular formula is C21H19N3O. The van der Waals surface area contributed by atoms with Gasteiger partial charge in [-0.15, -0.1) is 5.10 Å². The van der Waals surface area contributed by atoms with Gasteiger partial charge in [-0.2, -0.15) is 5.10 Å². The average molecular weight is 329 g/mol. The van der Waals surface area contributed by atoms with Gasteiger partial charge < -0.3 is 4.74 Å². The van der Waals surface area contributed by atoms with E-state index in [9.17, 15) is 0 Å². The molecule has 25 heavy (non-hydrogen) atoms. The van der Waals surface area contributed by atoms with Crippen LogP contribution in [-0.2, 0) is 4.74 Å². The lowest BCUT2D eigenvalue weighted by atomic mass is 9.97. The largest absolute Gasteiger partial charge is 0.380 e. The van der Waals surface area contributed by atoms with E-state index < -0.39 is 0 Å². The van der Waals surface area contributed by atoms with Crippen molar-refractivity contribution in [3.8, 4) is 0 Å². The fourth-order valence-electron chi connectivity index (χ4n) is 2.90. The van der Waals surface area contributed by atoms with Gasteiger partial charge in [-0.3, -0.25) is 0 Å². The van der Waals surface area contributed by atoms with Gasteiger partial charge >= 0.3 is 0 Å². The number of aliphatic imine (C=N–C) groups is 1. The number of hydrogen-bond donors (Lipinski definition) is 0. The quantitative estimate of drug-likeness (QED) is 0.678. The molecule has 0 unspecified atom stereocenters. The monoisotopic (exact) mass is 329 g/mol. The summed E-state index contributed by atoms with van der Waals surface area (Å²) in [5.41, 5.74) is 5.05. The maximum Gasteiger partial charge on any atom is 0.178 e. The smallest absolute Gasteiger partial charge is 0.178 e. The second-order valence-electron chi connectivity index (χ2n) is 6.19. The van der Waals surface area contributed by atoms with Gasteiger partial charge in [0.15, 0.2) is 5.82 Å². The molecule has 4 rings (SSSR count). The standard InChI is InChI=1S/C21H19N3O/c1-15-12-19(18-13-25-14-18)21(24-23-15)22-20(16-8-4-2-5-9-16)17-10-6-3-7-11-17/h2-12,18H,13-14H2,1H3. The van der Waals surface area contributed by atoms with Crippen molar-refractivity contribution in [2.45, 2.75) is 12.8 Å². The normalized spacial score (nSPS) is 14.0. The maximum atomic E-state index is 5.36. The summed E-state index contributed by atoms with van der Waals surface area (Å²) in [6, 6.07) is 22.5. The third kappa shape index (κ3) is 3.35. The number of benzene rings is 2. The van der Waals surface area contributed by atoms with Crippen LogP contribution in [0, 0.1) is 6.92 Å². The highest BCUT2D eigenvalue weighted by atomic mass is 16.5. The van der Waals surface area contributed by atoms with Crippen LogP contribution in [0.3, 0.4) is 0 Å². The third-order valence-electron chi connectivity index (χ3n) is 4.32. The minimum Gasteiger partial charge on any atom is -0.380 e. The van der Waals surface area contributed by atoms with E-state index in [4.69, 9.17) is 9.73 Å². The van der Waals surface area contributed by atoms with E-state index in [2.05, 4.69) is 40.5 Å². The minimum absolute atomic E-state index is 0.348. The van der Waals surface area contributed by atoms with Crippen molar-refractivity contribution in [2.24, 2.45) is 4.99 Å². The highest BCUT2D eigenvalue weighted by molar-refractivity contribution is 6.13. The fraction of sp³-hybridized carbons (Fsp3) is 0.190. The van der Waals surface area contributed by atoms with E-state index in [1.807, 2.05) is 43.3 Å². The highest BCUT2D eigenvalue weighted by Crippen LogP contribution is 2.31. The Kier molecular flexibility index (Phi) is 4.36. The Labute approximate surface area is 147 Å². The summed E-state index contributed by atoms with van der Waals surface area (Å²) in [5.74, 6) is 1.03. The Bertz CT molecular complexity index is 846. The van der Waals surface area contributed by atoms with Crippen LogP contribution in [0.25, 0.3) is 0 Å². The van der Waals surface area contributed by atoms with E-state index in [1.165, 1.54) is 0 Å². The van der Waals surface area contributed by atoms with Crippen LogP contribution in [0.2, 0.25) is 0 Å². The zero-order chi connectivity index (χ0) is 17.1. The first-order valence-corrected chi connectivity index (χ1v) is 8.43. The molecule has 0 amide bonds. The average Bonchev–Trinajstić information content (AvgIpc) is 2.61. The molecule has 0 saturated carbocycles.